The van der Waals surface area contributed by atoms with Crippen LogP contribution in [0.5, 0.6) is 11.5 Å². The molecule has 1 aromatic carbocycles. The summed E-state index contributed by atoms with van der Waals surface area (Å²) in [5.41, 5.74) is 10.2. The Bertz CT molecular complexity index is 750. The molecule has 0 aliphatic rings. The Balaban J connectivity index is 2.05. The van der Waals surface area contributed by atoms with Gasteiger partial charge in [-0.3, -0.25) is 20.4 Å². The summed E-state index contributed by atoms with van der Waals surface area (Å²) < 4.78 is 10.5. The Morgan fingerprint density at radius 2 is 1.83 bits per heavy atom. The van der Waals surface area contributed by atoms with Gasteiger partial charge in [0.2, 0.25) is 0 Å². The molecule has 4 N–H and O–H groups in total. The summed E-state index contributed by atoms with van der Waals surface area (Å²) in [6.07, 6.45) is 2.68. The molecular formula is C15H17N5O4. The van der Waals surface area contributed by atoms with Gasteiger partial charge >= 0.3 is 0 Å². The van der Waals surface area contributed by atoms with Crippen molar-refractivity contribution in [3.8, 4) is 11.5 Å². The SMILES string of the molecule is CCOc1ccc(C(=O)NNC(=O)c2nccnc2N)cc1OC. The van der Waals surface area contributed by atoms with Gasteiger partial charge in [-0.25, -0.2) is 9.97 Å². The van der Waals surface area contributed by atoms with Crippen molar-refractivity contribution in [1.82, 2.24) is 20.8 Å². The third-order valence-electron chi connectivity index (χ3n) is 2.96. The molecule has 24 heavy (non-hydrogen) atoms. The van der Waals surface area contributed by atoms with Gasteiger partial charge in [0, 0.05) is 18.0 Å². The molecule has 2 rings (SSSR count). The van der Waals surface area contributed by atoms with Crippen molar-refractivity contribution in [3.63, 3.8) is 0 Å². The number of nitrogens with two attached hydrogens (primary N) is 1. The maximum atomic E-state index is 12.1. The van der Waals surface area contributed by atoms with Crippen molar-refractivity contribution >= 4 is 17.6 Å². The predicted molar refractivity (Wildman–Crippen MR) is 85.5 cm³/mol. The molecule has 0 atom stereocenters. The van der Waals surface area contributed by atoms with Crippen molar-refractivity contribution in [2.75, 3.05) is 19.5 Å². The number of methoxy groups -OCH3 is 1. The number of hydrazine groups is 1. The van der Waals surface area contributed by atoms with E-state index in [1.165, 1.54) is 25.6 Å². The highest BCUT2D eigenvalue weighted by Gasteiger charge is 2.15. The van der Waals surface area contributed by atoms with Crippen molar-refractivity contribution in [1.29, 1.82) is 0 Å². The van der Waals surface area contributed by atoms with E-state index in [9.17, 15) is 9.59 Å². The van der Waals surface area contributed by atoms with E-state index in [1.807, 2.05) is 6.92 Å². The molecule has 9 heteroatoms. The number of aromatic nitrogens is 2. The second kappa shape index (κ2) is 7.77. The van der Waals surface area contributed by atoms with Crippen molar-refractivity contribution in [2.45, 2.75) is 6.92 Å². The number of nitrogens with one attached hydrogen (secondary N) is 2. The maximum Gasteiger partial charge on any atom is 0.292 e. The number of benzene rings is 1. The van der Waals surface area contributed by atoms with Crippen molar-refractivity contribution < 1.29 is 19.1 Å². The monoisotopic (exact) mass is 331 g/mol. The topological polar surface area (TPSA) is 128 Å². The smallest absolute Gasteiger partial charge is 0.292 e. The minimum atomic E-state index is -0.674. The first-order valence-corrected chi connectivity index (χ1v) is 7.04. The molecule has 0 aliphatic carbocycles. The van der Waals surface area contributed by atoms with Gasteiger partial charge in [0.1, 0.15) is 0 Å². The number of nitrogens with zero attached hydrogens (tertiary/aromatic N) is 2. The van der Waals surface area contributed by atoms with Gasteiger partial charge < -0.3 is 15.2 Å². The molecule has 1 heterocycles. The fourth-order valence-electron chi connectivity index (χ4n) is 1.85. The summed E-state index contributed by atoms with van der Waals surface area (Å²) in [5.74, 6) is -0.312. The molecule has 9 nitrogen and oxygen atoms in total. The lowest BCUT2D eigenvalue weighted by molar-refractivity contribution is 0.0844. The summed E-state index contributed by atoms with van der Waals surface area (Å²) >= 11 is 0. The number of amides is 2. The number of nitrogen functional groups attached to an aromatic ring is 1. The fourth-order valence-corrected chi connectivity index (χ4v) is 1.85. The molecule has 0 fully saturated rings. The Labute approximate surface area is 138 Å². The van der Waals surface area contributed by atoms with Crippen LogP contribution in [0.3, 0.4) is 0 Å². The van der Waals surface area contributed by atoms with Gasteiger partial charge in [-0.2, -0.15) is 0 Å². The third-order valence-corrected chi connectivity index (χ3v) is 2.96. The number of anilines is 1. The summed E-state index contributed by atoms with van der Waals surface area (Å²) in [4.78, 5) is 31.6. The van der Waals surface area contributed by atoms with E-state index in [1.54, 1.807) is 12.1 Å². The molecule has 2 amide bonds. The van der Waals surface area contributed by atoms with Gasteiger partial charge in [0.25, 0.3) is 11.8 Å². The summed E-state index contributed by atoms with van der Waals surface area (Å²) in [5, 5.41) is 0. The molecule has 0 saturated heterocycles. The summed E-state index contributed by atoms with van der Waals surface area (Å²) in [6, 6.07) is 4.66. The van der Waals surface area contributed by atoms with Crippen LogP contribution in [0.25, 0.3) is 0 Å². The molecule has 126 valence electrons. The number of rotatable bonds is 5. The Kier molecular flexibility index (Phi) is 5.50. The normalized spacial score (nSPS) is 9.92. The van der Waals surface area contributed by atoms with Gasteiger partial charge in [0.15, 0.2) is 23.0 Å². The van der Waals surface area contributed by atoms with Crippen LogP contribution < -0.4 is 26.1 Å². The van der Waals surface area contributed by atoms with E-state index in [-0.39, 0.29) is 17.1 Å². The molecule has 0 spiro atoms. The first-order valence-electron chi connectivity index (χ1n) is 7.04. The van der Waals surface area contributed by atoms with Crippen LogP contribution in [0.15, 0.2) is 30.6 Å². The highest BCUT2D eigenvalue weighted by atomic mass is 16.5. The minimum Gasteiger partial charge on any atom is -0.493 e. The van der Waals surface area contributed by atoms with Crippen LogP contribution in [0.1, 0.15) is 27.8 Å². The van der Waals surface area contributed by atoms with Gasteiger partial charge in [0.05, 0.1) is 13.7 Å². The predicted octanol–water partition coefficient (Wildman–Crippen LogP) is 0.541. The van der Waals surface area contributed by atoms with Crippen LogP contribution in [-0.2, 0) is 0 Å². The first-order chi connectivity index (χ1) is 11.6. The Hall–Kier alpha value is -3.36. The zero-order chi connectivity index (χ0) is 17.5. The minimum absolute atomic E-state index is 0.0352. The first kappa shape index (κ1) is 17.0. The number of ether oxygens (including phenoxy) is 2. The van der Waals surface area contributed by atoms with Gasteiger partial charge in [-0.15, -0.1) is 0 Å². The Morgan fingerprint density at radius 3 is 2.50 bits per heavy atom. The molecule has 0 unspecified atom stereocenters. The standard InChI is InChI=1S/C15H17N5O4/c1-3-24-10-5-4-9(8-11(10)23-2)14(21)19-20-15(22)12-13(16)18-7-6-17-12/h4-8H,3H2,1-2H3,(H2,16,18)(H,19,21)(H,20,22). The Morgan fingerprint density at radius 1 is 1.12 bits per heavy atom. The second-order valence-corrected chi connectivity index (χ2v) is 4.50. The second-order valence-electron chi connectivity index (χ2n) is 4.50. The summed E-state index contributed by atoms with van der Waals surface area (Å²) in [7, 11) is 1.47. The zero-order valence-electron chi connectivity index (χ0n) is 13.2. The largest absolute Gasteiger partial charge is 0.493 e. The number of carbonyl (C=O) groups is 2. The van der Waals surface area contributed by atoms with Gasteiger partial charge in [-0.05, 0) is 25.1 Å². The zero-order valence-corrected chi connectivity index (χ0v) is 13.2. The van der Waals surface area contributed by atoms with Crippen molar-refractivity contribution in [2.24, 2.45) is 0 Å². The van der Waals surface area contributed by atoms with E-state index in [0.29, 0.717) is 18.1 Å². The number of carbonyl (C=O) groups excluding carboxylic acids is 2. The quantitative estimate of drug-likeness (QED) is 0.682. The number of hydrogen-bond donors (Lipinski definition) is 3. The van der Waals surface area contributed by atoms with Gasteiger partial charge in [-0.1, -0.05) is 0 Å². The van der Waals surface area contributed by atoms with Crippen LogP contribution in [0.4, 0.5) is 5.82 Å². The molecular weight excluding hydrogens is 314 g/mol. The molecule has 2 aromatic rings. The molecule has 1 aromatic heterocycles. The molecule has 0 aliphatic heterocycles. The van der Waals surface area contributed by atoms with Crippen molar-refractivity contribution in [3.05, 3.63) is 41.9 Å². The third kappa shape index (κ3) is 3.88. The van der Waals surface area contributed by atoms with Crippen LogP contribution in [0.2, 0.25) is 0 Å². The van der Waals surface area contributed by atoms with Crippen LogP contribution in [0, 0.1) is 0 Å². The van der Waals surface area contributed by atoms with E-state index >= 15 is 0 Å². The lowest BCUT2D eigenvalue weighted by atomic mass is 10.2. The lowest BCUT2D eigenvalue weighted by Gasteiger charge is -2.11. The maximum absolute atomic E-state index is 12.1. The molecule has 0 radical (unpaired) electrons. The summed E-state index contributed by atoms with van der Waals surface area (Å²) in [6.45, 7) is 2.31. The van der Waals surface area contributed by atoms with E-state index in [2.05, 4.69) is 20.8 Å². The highest BCUT2D eigenvalue weighted by Crippen LogP contribution is 2.27. The van der Waals surface area contributed by atoms with E-state index in [4.69, 9.17) is 15.2 Å². The number of hydrogen-bond acceptors (Lipinski definition) is 7. The van der Waals surface area contributed by atoms with Crippen LogP contribution >= 0.6 is 0 Å². The van der Waals surface area contributed by atoms with Crippen LogP contribution in [-0.4, -0.2) is 35.5 Å². The van der Waals surface area contributed by atoms with E-state index < -0.39 is 11.8 Å². The van der Waals surface area contributed by atoms with E-state index in [0.717, 1.165) is 0 Å². The average Bonchev–Trinajstić information content (AvgIpc) is 2.60. The highest BCUT2D eigenvalue weighted by molar-refractivity contribution is 6.00. The lowest BCUT2D eigenvalue weighted by Crippen LogP contribution is -2.42. The molecule has 0 bridgehead atoms. The average molecular weight is 331 g/mol. The fraction of sp³-hybridized carbons (Fsp3) is 0.200. The molecule has 0 saturated carbocycles.